The highest BCUT2D eigenvalue weighted by molar-refractivity contribution is 5.49. The summed E-state index contributed by atoms with van der Waals surface area (Å²) >= 11 is 0. The average Bonchev–Trinajstić information content (AvgIpc) is 2.65. The SMILES string of the molecule is CC(C)Oc1ccc(N2CCCNC(C(C)C)C2)cc1. The highest BCUT2D eigenvalue weighted by atomic mass is 16.5. The van der Waals surface area contributed by atoms with Gasteiger partial charge in [-0.1, -0.05) is 13.8 Å². The van der Waals surface area contributed by atoms with Gasteiger partial charge in [-0.2, -0.15) is 0 Å². The van der Waals surface area contributed by atoms with E-state index in [0.717, 1.165) is 25.4 Å². The van der Waals surface area contributed by atoms with Crippen molar-refractivity contribution in [1.82, 2.24) is 5.32 Å². The molecule has 2 rings (SSSR count). The molecule has 3 nitrogen and oxygen atoms in total. The van der Waals surface area contributed by atoms with E-state index < -0.39 is 0 Å². The summed E-state index contributed by atoms with van der Waals surface area (Å²) in [4.78, 5) is 2.49. The number of hydrogen-bond donors (Lipinski definition) is 1. The average molecular weight is 276 g/mol. The number of rotatable bonds is 4. The molecule has 1 fully saturated rings. The number of anilines is 1. The van der Waals surface area contributed by atoms with Crippen LogP contribution in [0, 0.1) is 5.92 Å². The summed E-state index contributed by atoms with van der Waals surface area (Å²) in [5, 5.41) is 3.65. The van der Waals surface area contributed by atoms with Gasteiger partial charge in [-0.25, -0.2) is 0 Å². The molecule has 1 saturated heterocycles. The van der Waals surface area contributed by atoms with Crippen LogP contribution in [0.5, 0.6) is 5.75 Å². The third kappa shape index (κ3) is 4.14. The van der Waals surface area contributed by atoms with Gasteiger partial charge in [0.25, 0.3) is 0 Å². The van der Waals surface area contributed by atoms with Gasteiger partial charge in [-0.05, 0) is 57.0 Å². The van der Waals surface area contributed by atoms with Crippen molar-refractivity contribution in [3.63, 3.8) is 0 Å². The van der Waals surface area contributed by atoms with Crippen molar-refractivity contribution >= 4 is 5.69 Å². The maximum atomic E-state index is 5.71. The molecule has 3 heteroatoms. The number of ether oxygens (including phenoxy) is 1. The standard InChI is InChI=1S/C17H28N2O/c1-13(2)17-12-19(11-5-10-18-17)15-6-8-16(9-7-15)20-14(3)4/h6-9,13-14,17-18H,5,10-12H2,1-4H3. The molecular weight excluding hydrogens is 248 g/mol. The van der Waals surface area contributed by atoms with Gasteiger partial charge in [0.05, 0.1) is 6.10 Å². The minimum absolute atomic E-state index is 0.230. The van der Waals surface area contributed by atoms with Gasteiger partial charge in [0, 0.05) is 24.8 Å². The van der Waals surface area contributed by atoms with Gasteiger partial charge >= 0.3 is 0 Å². The molecule has 0 spiro atoms. The fraction of sp³-hybridized carbons (Fsp3) is 0.647. The molecule has 1 N–H and O–H groups in total. The van der Waals surface area contributed by atoms with Crippen LogP contribution in [0.1, 0.15) is 34.1 Å². The predicted molar refractivity (Wildman–Crippen MR) is 85.7 cm³/mol. The van der Waals surface area contributed by atoms with Crippen LogP contribution in [-0.2, 0) is 0 Å². The highest BCUT2D eigenvalue weighted by Gasteiger charge is 2.20. The molecular formula is C17H28N2O. The summed E-state index contributed by atoms with van der Waals surface area (Å²) < 4.78 is 5.71. The fourth-order valence-corrected chi connectivity index (χ4v) is 2.64. The highest BCUT2D eigenvalue weighted by Crippen LogP contribution is 2.22. The molecule has 1 unspecified atom stereocenters. The van der Waals surface area contributed by atoms with Crippen molar-refractivity contribution in [2.75, 3.05) is 24.5 Å². The molecule has 1 aromatic rings. The lowest BCUT2D eigenvalue weighted by atomic mass is 10.0. The van der Waals surface area contributed by atoms with Crippen molar-refractivity contribution in [2.24, 2.45) is 5.92 Å². The van der Waals surface area contributed by atoms with E-state index in [1.807, 2.05) is 0 Å². The molecule has 1 aromatic carbocycles. The largest absolute Gasteiger partial charge is 0.491 e. The van der Waals surface area contributed by atoms with Gasteiger partial charge in [0.2, 0.25) is 0 Å². The maximum absolute atomic E-state index is 5.71. The Morgan fingerprint density at radius 3 is 2.45 bits per heavy atom. The molecule has 0 saturated carbocycles. The first-order valence-corrected chi connectivity index (χ1v) is 7.81. The van der Waals surface area contributed by atoms with Crippen molar-refractivity contribution in [3.8, 4) is 5.75 Å². The van der Waals surface area contributed by atoms with Crippen molar-refractivity contribution in [2.45, 2.75) is 46.3 Å². The van der Waals surface area contributed by atoms with Crippen molar-refractivity contribution in [1.29, 1.82) is 0 Å². The normalized spacial score (nSPS) is 20.3. The lowest BCUT2D eigenvalue weighted by Gasteiger charge is -2.28. The second-order valence-corrected chi connectivity index (χ2v) is 6.26. The second kappa shape index (κ2) is 6.98. The number of nitrogens with one attached hydrogen (secondary N) is 1. The van der Waals surface area contributed by atoms with Crippen LogP contribution in [-0.4, -0.2) is 31.8 Å². The first-order chi connectivity index (χ1) is 9.56. The quantitative estimate of drug-likeness (QED) is 0.913. The first kappa shape index (κ1) is 15.2. The van der Waals surface area contributed by atoms with Crippen LogP contribution in [0.4, 0.5) is 5.69 Å². The van der Waals surface area contributed by atoms with Crippen LogP contribution < -0.4 is 15.0 Å². The Hall–Kier alpha value is -1.22. The molecule has 1 heterocycles. The first-order valence-electron chi connectivity index (χ1n) is 7.81. The minimum atomic E-state index is 0.230. The van der Waals surface area contributed by atoms with E-state index in [1.165, 1.54) is 12.1 Å². The molecule has 112 valence electrons. The number of hydrogen-bond acceptors (Lipinski definition) is 3. The second-order valence-electron chi connectivity index (χ2n) is 6.26. The molecule has 0 bridgehead atoms. The summed E-state index contributed by atoms with van der Waals surface area (Å²) in [6, 6.07) is 9.10. The maximum Gasteiger partial charge on any atom is 0.119 e. The minimum Gasteiger partial charge on any atom is -0.491 e. The Balaban J connectivity index is 2.05. The molecule has 1 aliphatic rings. The smallest absolute Gasteiger partial charge is 0.119 e. The molecule has 1 atom stereocenters. The topological polar surface area (TPSA) is 24.5 Å². The van der Waals surface area contributed by atoms with Gasteiger partial charge in [0.15, 0.2) is 0 Å². The Morgan fingerprint density at radius 1 is 1.15 bits per heavy atom. The van der Waals surface area contributed by atoms with E-state index in [0.29, 0.717) is 12.0 Å². The number of benzene rings is 1. The van der Waals surface area contributed by atoms with Crippen LogP contribution in [0.25, 0.3) is 0 Å². The monoisotopic (exact) mass is 276 g/mol. The van der Waals surface area contributed by atoms with Gasteiger partial charge in [-0.3, -0.25) is 0 Å². The molecule has 20 heavy (non-hydrogen) atoms. The lowest BCUT2D eigenvalue weighted by Crippen LogP contribution is -2.41. The van der Waals surface area contributed by atoms with E-state index in [1.54, 1.807) is 0 Å². The van der Waals surface area contributed by atoms with Crippen molar-refractivity contribution in [3.05, 3.63) is 24.3 Å². The molecule has 0 amide bonds. The summed E-state index contributed by atoms with van der Waals surface area (Å²) in [5.74, 6) is 1.62. The Morgan fingerprint density at radius 2 is 1.85 bits per heavy atom. The Labute approximate surface area is 123 Å². The Kier molecular flexibility index (Phi) is 5.30. The molecule has 0 aliphatic carbocycles. The zero-order valence-electron chi connectivity index (χ0n) is 13.2. The van der Waals surface area contributed by atoms with E-state index in [-0.39, 0.29) is 6.10 Å². The molecule has 1 aliphatic heterocycles. The van der Waals surface area contributed by atoms with Gasteiger partial charge in [-0.15, -0.1) is 0 Å². The van der Waals surface area contributed by atoms with Crippen LogP contribution in [0.3, 0.4) is 0 Å². The molecule has 0 aromatic heterocycles. The van der Waals surface area contributed by atoms with Gasteiger partial charge in [0.1, 0.15) is 5.75 Å². The lowest BCUT2D eigenvalue weighted by molar-refractivity contribution is 0.242. The van der Waals surface area contributed by atoms with Crippen LogP contribution >= 0.6 is 0 Å². The summed E-state index contributed by atoms with van der Waals surface area (Å²) in [5.41, 5.74) is 1.30. The van der Waals surface area contributed by atoms with Crippen LogP contribution in [0.15, 0.2) is 24.3 Å². The zero-order chi connectivity index (χ0) is 14.5. The predicted octanol–water partition coefficient (Wildman–Crippen LogP) is 3.30. The fourth-order valence-electron chi connectivity index (χ4n) is 2.64. The third-order valence-electron chi connectivity index (χ3n) is 3.81. The summed E-state index contributed by atoms with van der Waals surface area (Å²) in [6.07, 6.45) is 1.43. The van der Waals surface area contributed by atoms with E-state index in [4.69, 9.17) is 4.74 Å². The van der Waals surface area contributed by atoms with E-state index >= 15 is 0 Å². The summed E-state index contributed by atoms with van der Waals surface area (Å²) in [6.45, 7) is 12.0. The summed E-state index contributed by atoms with van der Waals surface area (Å²) in [7, 11) is 0. The number of nitrogens with zero attached hydrogens (tertiary/aromatic N) is 1. The third-order valence-corrected chi connectivity index (χ3v) is 3.81. The van der Waals surface area contributed by atoms with Crippen molar-refractivity contribution < 1.29 is 4.74 Å². The van der Waals surface area contributed by atoms with E-state index in [9.17, 15) is 0 Å². The van der Waals surface area contributed by atoms with Gasteiger partial charge < -0.3 is 15.0 Å². The Bertz CT molecular complexity index is 400. The zero-order valence-corrected chi connectivity index (χ0v) is 13.2. The van der Waals surface area contributed by atoms with Crippen LogP contribution in [0.2, 0.25) is 0 Å². The van der Waals surface area contributed by atoms with E-state index in [2.05, 4.69) is 62.2 Å². The molecule has 0 radical (unpaired) electrons.